The van der Waals surface area contributed by atoms with Gasteiger partial charge in [-0.1, -0.05) is 133 Å². The number of amidine groups is 1. The highest BCUT2D eigenvalue weighted by atomic mass is 32.1. The van der Waals surface area contributed by atoms with Gasteiger partial charge in [0.25, 0.3) is 0 Å². The van der Waals surface area contributed by atoms with Gasteiger partial charge in [0, 0.05) is 42.6 Å². The summed E-state index contributed by atoms with van der Waals surface area (Å²) in [7, 11) is 0. The number of fused-ring (bicyclic) bond motifs is 9. The lowest BCUT2D eigenvalue weighted by molar-refractivity contribution is 0.409. The quantitative estimate of drug-likeness (QED) is 0.184. The molecular formula is C51H34N4OS. The molecule has 0 saturated heterocycles. The van der Waals surface area contributed by atoms with Crippen molar-refractivity contribution in [2.45, 2.75) is 12.3 Å². The Morgan fingerprint density at radius 3 is 2.05 bits per heavy atom. The zero-order chi connectivity index (χ0) is 37.5. The maximum Gasteiger partial charge on any atom is 0.136 e. The van der Waals surface area contributed by atoms with Crippen molar-refractivity contribution >= 4 is 81.1 Å². The van der Waals surface area contributed by atoms with Crippen molar-refractivity contribution in [3.8, 4) is 16.8 Å². The summed E-state index contributed by atoms with van der Waals surface area (Å²) < 4.78 is 11.6. The molecule has 2 atom stereocenters. The molecule has 57 heavy (non-hydrogen) atoms. The fourth-order valence-corrected chi connectivity index (χ4v) is 10.1. The van der Waals surface area contributed by atoms with Crippen molar-refractivity contribution in [3.05, 3.63) is 199 Å². The summed E-state index contributed by atoms with van der Waals surface area (Å²) in [6.45, 7) is 0. The standard InChI is InChI=1S/C51H34N4OS/c1-3-13-31(14-4-1)49-52-50(32-15-5-2-6-16-32)54-51(53-49)34-26-28-44-40(29-34)38-27-25-33(30-45(38)56-44)35-19-12-24-46-47(35)39-20-11-23-43(48(39)57-46)55-41-21-9-7-17-36(41)37-18-8-10-22-42(37)55/h1-30,49,51,53H,(H,52,54). The Morgan fingerprint density at radius 2 is 1.25 bits per heavy atom. The summed E-state index contributed by atoms with van der Waals surface area (Å²) >= 11 is 1.87. The Morgan fingerprint density at radius 1 is 0.526 bits per heavy atom. The first-order valence-corrected chi connectivity index (χ1v) is 20.2. The van der Waals surface area contributed by atoms with E-state index in [0.29, 0.717) is 0 Å². The molecule has 1 aliphatic heterocycles. The van der Waals surface area contributed by atoms with E-state index in [-0.39, 0.29) is 12.3 Å². The molecule has 0 fully saturated rings. The van der Waals surface area contributed by atoms with Crippen molar-refractivity contribution < 1.29 is 4.42 Å². The first kappa shape index (κ1) is 32.3. The molecule has 3 aromatic heterocycles. The molecule has 6 heteroatoms. The van der Waals surface area contributed by atoms with E-state index in [4.69, 9.17) is 9.41 Å². The van der Waals surface area contributed by atoms with Crippen molar-refractivity contribution in [2.75, 3.05) is 0 Å². The number of hydrogen-bond acceptors (Lipinski definition) is 5. The fourth-order valence-electron chi connectivity index (χ4n) is 8.85. The van der Waals surface area contributed by atoms with Gasteiger partial charge in [0.1, 0.15) is 29.3 Å². The zero-order valence-electron chi connectivity index (χ0n) is 30.7. The van der Waals surface area contributed by atoms with Crippen molar-refractivity contribution in [2.24, 2.45) is 4.99 Å². The van der Waals surface area contributed by atoms with E-state index < -0.39 is 0 Å². The van der Waals surface area contributed by atoms with Crippen LogP contribution in [0, 0.1) is 0 Å². The lowest BCUT2D eigenvalue weighted by Crippen LogP contribution is -2.44. The summed E-state index contributed by atoms with van der Waals surface area (Å²) in [5, 5.41) is 14.7. The van der Waals surface area contributed by atoms with Crippen molar-refractivity contribution in [1.29, 1.82) is 0 Å². The van der Waals surface area contributed by atoms with Gasteiger partial charge in [0.15, 0.2) is 0 Å². The molecule has 0 radical (unpaired) electrons. The Labute approximate surface area is 332 Å². The minimum atomic E-state index is -0.194. The van der Waals surface area contributed by atoms with Crippen LogP contribution in [0.25, 0.3) is 80.7 Å². The first-order chi connectivity index (χ1) is 28.2. The molecular weight excluding hydrogens is 717 g/mol. The smallest absolute Gasteiger partial charge is 0.136 e. The maximum atomic E-state index is 6.60. The third-order valence-electron chi connectivity index (χ3n) is 11.5. The van der Waals surface area contributed by atoms with E-state index in [0.717, 1.165) is 50.0 Å². The lowest BCUT2D eigenvalue weighted by Gasteiger charge is -2.32. The summed E-state index contributed by atoms with van der Waals surface area (Å²) in [6.07, 6.45) is -0.352. The number of hydrogen-bond donors (Lipinski definition) is 2. The number of para-hydroxylation sites is 2. The molecule has 0 saturated carbocycles. The van der Waals surface area contributed by atoms with Crippen LogP contribution in [0.3, 0.4) is 0 Å². The number of rotatable bonds is 5. The maximum absolute atomic E-state index is 6.60. The van der Waals surface area contributed by atoms with Crippen LogP contribution in [0.1, 0.15) is 29.0 Å². The Kier molecular flexibility index (Phi) is 7.24. The number of aliphatic imine (C=N–C) groups is 1. The van der Waals surface area contributed by atoms with Gasteiger partial charge in [-0.15, -0.1) is 11.3 Å². The monoisotopic (exact) mass is 750 g/mol. The van der Waals surface area contributed by atoms with E-state index in [9.17, 15) is 0 Å². The number of furan rings is 1. The van der Waals surface area contributed by atoms with Crippen LogP contribution in [0.15, 0.2) is 191 Å². The van der Waals surface area contributed by atoms with Crippen LogP contribution in [0.4, 0.5) is 0 Å². The number of aromatic nitrogens is 1. The van der Waals surface area contributed by atoms with E-state index >= 15 is 0 Å². The molecule has 1 aliphatic rings. The Hall–Kier alpha value is -6.99. The van der Waals surface area contributed by atoms with Crippen molar-refractivity contribution in [3.63, 3.8) is 0 Å². The van der Waals surface area contributed by atoms with Gasteiger partial charge in [0.05, 0.1) is 21.4 Å². The van der Waals surface area contributed by atoms with Crippen LogP contribution in [-0.2, 0) is 0 Å². The fraction of sp³-hybridized carbons (Fsp3) is 0.0392. The second-order valence-electron chi connectivity index (χ2n) is 14.8. The second kappa shape index (κ2) is 12.8. The number of thiophene rings is 1. The highest BCUT2D eigenvalue weighted by Crippen LogP contribution is 2.45. The molecule has 2 unspecified atom stereocenters. The normalized spacial score (nSPS) is 15.9. The molecule has 12 rings (SSSR count). The van der Waals surface area contributed by atoms with Gasteiger partial charge >= 0.3 is 0 Å². The third kappa shape index (κ3) is 5.15. The molecule has 2 N–H and O–H groups in total. The van der Waals surface area contributed by atoms with Crippen LogP contribution in [0.5, 0.6) is 0 Å². The van der Waals surface area contributed by atoms with Gasteiger partial charge in [-0.2, -0.15) is 0 Å². The molecule has 4 heterocycles. The molecule has 0 amide bonds. The van der Waals surface area contributed by atoms with Crippen molar-refractivity contribution in [1.82, 2.24) is 15.2 Å². The van der Waals surface area contributed by atoms with Crippen LogP contribution >= 0.6 is 11.3 Å². The summed E-state index contributed by atoms with van der Waals surface area (Å²) in [6, 6.07) is 64.9. The second-order valence-corrected chi connectivity index (χ2v) is 15.8. The van der Waals surface area contributed by atoms with Gasteiger partial charge in [-0.25, -0.2) is 4.99 Å². The summed E-state index contributed by atoms with van der Waals surface area (Å²) in [4.78, 5) is 5.09. The molecule has 0 bridgehead atoms. The van der Waals surface area contributed by atoms with Gasteiger partial charge in [-0.05, 0) is 70.8 Å². The summed E-state index contributed by atoms with van der Waals surface area (Å²) in [5.41, 5.74) is 11.0. The molecule has 5 nitrogen and oxygen atoms in total. The predicted molar refractivity (Wildman–Crippen MR) is 238 cm³/mol. The SMILES string of the molecule is c1ccc(C2=NC(c3ccccc3)NC(c3ccc4oc5cc(-c6cccc7sc8c(-n9c%10ccccc%10c%10ccccc%109)cccc8c67)ccc5c4c3)N2)cc1. The van der Waals surface area contributed by atoms with E-state index in [1.165, 1.54) is 53.2 Å². The molecule has 11 aromatic rings. The van der Waals surface area contributed by atoms with E-state index in [1.54, 1.807) is 0 Å². The minimum absolute atomic E-state index is 0.159. The summed E-state index contributed by atoms with van der Waals surface area (Å²) in [5.74, 6) is 0.868. The average molecular weight is 751 g/mol. The highest BCUT2D eigenvalue weighted by Gasteiger charge is 2.26. The highest BCUT2D eigenvalue weighted by molar-refractivity contribution is 7.26. The molecule has 8 aromatic carbocycles. The first-order valence-electron chi connectivity index (χ1n) is 19.4. The Balaban J connectivity index is 0.952. The number of nitrogens with zero attached hydrogens (tertiary/aromatic N) is 2. The predicted octanol–water partition coefficient (Wildman–Crippen LogP) is 13.1. The molecule has 270 valence electrons. The number of benzene rings is 8. The van der Waals surface area contributed by atoms with Gasteiger partial charge in [-0.3, -0.25) is 5.32 Å². The van der Waals surface area contributed by atoms with Crippen LogP contribution in [-0.4, -0.2) is 10.4 Å². The van der Waals surface area contributed by atoms with Crippen LogP contribution < -0.4 is 10.6 Å². The Bertz CT molecular complexity index is 3320. The van der Waals surface area contributed by atoms with E-state index in [2.05, 4.69) is 185 Å². The average Bonchev–Trinajstić information content (AvgIpc) is 3.96. The molecule has 0 spiro atoms. The minimum Gasteiger partial charge on any atom is -0.456 e. The molecule has 0 aliphatic carbocycles. The third-order valence-corrected chi connectivity index (χ3v) is 12.7. The largest absolute Gasteiger partial charge is 0.456 e. The topological polar surface area (TPSA) is 54.5 Å². The lowest BCUT2D eigenvalue weighted by atomic mass is 9.98. The van der Waals surface area contributed by atoms with E-state index in [1.807, 2.05) is 23.5 Å². The van der Waals surface area contributed by atoms with Gasteiger partial charge < -0.3 is 14.3 Å². The zero-order valence-corrected chi connectivity index (χ0v) is 31.5. The van der Waals surface area contributed by atoms with Gasteiger partial charge in [0.2, 0.25) is 0 Å². The number of nitrogens with one attached hydrogen (secondary N) is 2. The van der Waals surface area contributed by atoms with Crippen LogP contribution in [0.2, 0.25) is 0 Å².